The molecule has 5 heteroatoms. The number of carbonyl (C=O) groups is 1. The molecule has 0 aliphatic carbocycles. The van der Waals surface area contributed by atoms with Gasteiger partial charge in [-0.3, -0.25) is 9.89 Å². The topological polar surface area (TPSA) is 75.2 Å². The van der Waals surface area contributed by atoms with Crippen LogP contribution in [0.1, 0.15) is 17.5 Å². The Morgan fingerprint density at radius 2 is 2.38 bits per heavy atom. The van der Waals surface area contributed by atoms with E-state index < -0.39 is 11.4 Å². The van der Waals surface area contributed by atoms with E-state index in [1.54, 1.807) is 6.20 Å². The monoisotopic (exact) mass is 286 g/mol. The second-order valence-electron chi connectivity index (χ2n) is 5.69. The van der Waals surface area contributed by atoms with Gasteiger partial charge in [0, 0.05) is 12.2 Å². The average molecular weight is 286 g/mol. The van der Waals surface area contributed by atoms with E-state index in [1.165, 1.54) is 0 Å². The maximum Gasteiger partial charge on any atom is 0.312 e. The van der Waals surface area contributed by atoms with E-state index in [2.05, 4.69) is 10.2 Å². The molecule has 1 atom stereocenters. The average Bonchev–Trinajstić information content (AvgIpc) is 3.09. The van der Waals surface area contributed by atoms with Crippen LogP contribution in [0.25, 0.3) is 11.3 Å². The molecule has 5 nitrogen and oxygen atoms in total. The highest BCUT2D eigenvalue weighted by Gasteiger charge is 2.42. The second-order valence-corrected chi connectivity index (χ2v) is 5.69. The minimum absolute atomic E-state index is 0.287. The Bertz CT molecular complexity index is 657. The molecule has 2 heterocycles. The molecule has 110 valence electrons. The lowest BCUT2D eigenvalue weighted by Gasteiger charge is -2.22. The van der Waals surface area contributed by atoms with Gasteiger partial charge < -0.3 is 9.84 Å². The first-order chi connectivity index (χ1) is 10.1. The third-order valence-corrected chi connectivity index (χ3v) is 4.14. The molecule has 21 heavy (non-hydrogen) atoms. The SMILES string of the molecule is Cc1cn[nH]c1-c1cccc(CC2(C(=O)O)CCOC2)c1. The number of carboxylic acids is 1. The van der Waals surface area contributed by atoms with Crippen molar-refractivity contribution in [2.24, 2.45) is 5.41 Å². The van der Waals surface area contributed by atoms with Crippen LogP contribution in [0.3, 0.4) is 0 Å². The molecule has 1 fully saturated rings. The summed E-state index contributed by atoms with van der Waals surface area (Å²) in [6.45, 7) is 2.80. The van der Waals surface area contributed by atoms with Gasteiger partial charge in [-0.15, -0.1) is 0 Å². The third kappa shape index (κ3) is 2.56. The summed E-state index contributed by atoms with van der Waals surface area (Å²) >= 11 is 0. The van der Waals surface area contributed by atoms with Crippen LogP contribution >= 0.6 is 0 Å². The summed E-state index contributed by atoms with van der Waals surface area (Å²) in [4.78, 5) is 11.6. The van der Waals surface area contributed by atoms with E-state index in [0.29, 0.717) is 19.4 Å². The Kier molecular flexibility index (Phi) is 3.51. The summed E-state index contributed by atoms with van der Waals surface area (Å²) in [6.07, 6.45) is 2.84. The van der Waals surface area contributed by atoms with Gasteiger partial charge in [0.2, 0.25) is 0 Å². The number of hydrogen-bond donors (Lipinski definition) is 2. The Morgan fingerprint density at radius 3 is 3.00 bits per heavy atom. The lowest BCUT2D eigenvalue weighted by molar-refractivity contribution is -0.148. The number of nitrogens with one attached hydrogen (secondary N) is 1. The standard InChI is InChI=1S/C16H18N2O3/c1-11-9-17-18-14(11)13-4-2-3-12(7-13)8-16(15(19)20)5-6-21-10-16/h2-4,7,9H,5-6,8,10H2,1H3,(H,17,18)(H,19,20). The van der Waals surface area contributed by atoms with Crippen molar-refractivity contribution in [1.82, 2.24) is 10.2 Å². The number of nitrogens with zero attached hydrogens (tertiary/aromatic N) is 1. The van der Waals surface area contributed by atoms with Crippen molar-refractivity contribution < 1.29 is 14.6 Å². The van der Waals surface area contributed by atoms with Crippen LogP contribution in [0.15, 0.2) is 30.5 Å². The van der Waals surface area contributed by atoms with Gasteiger partial charge in [0.25, 0.3) is 0 Å². The van der Waals surface area contributed by atoms with E-state index in [4.69, 9.17) is 4.74 Å². The lowest BCUT2D eigenvalue weighted by atomic mass is 9.80. The highest BCUT2D eigenvalue weighted by molar-refractivity contribution is 5.76. The van der Waals surface area contributed by atoms with Crippen LogP contribution in [-0.2, 0) is 16.0 Å². The van der Waals surface area contributed by atoms with Crippen LogP contribution in [0, 0.1) is 12.3 Å². The third-order valence-electron chi connectivity index (χ3n) is 4.14. The molecule has 2 aromatic rings. The van der Waals surface area contributed by atoms with Crippen LogP contribution in [0.2, 0.25) is 0 Å². The van der Waals surface area contributed by atoms with Gasteiger partial charge in [-0.2, -0.15) is 5.10 Å². The molecule has 1 aromatic carbocycles. The number of ether oxygens (including phenoxy) is 1. The highest BCUT2D eigenvalue weighted by atomic mass is 16.5. The molecule has 0 amide bonds. The maximum absolute atomic E-state index is 11.6. The predicted octanol–water partition coefficient (Wildman–Crippen LogP) is 2.42. The van der Waals surface area contributed by atoms with E-state index >= 15 is 0 Å². The first-order valence-electron chi connectivity index (χ1n) is 7.01. The van der Waals surface area contributed by atoms with E-state index in [0.717, 1.165) is 22.4 Å². The first-order valence-corrected chi connectivity index (χ1v) is 7.01. The lowest BCUT2D eigenvalue weighted by Crippen LogP contribution is -2.33. The van der Waals surface area contributed by atoms with E-state index in [9.17, 15) is 9.90 Å². The number of aryl methyl sites for hydroxylation is 1. The van der Waals surface area contributed by atoms with Crippen molar-refractivity contribution in [2.75, 3.05) is 13.2 Å². The minimum atomic E-state index is -0.790. The fourth-order valence-electron chi connectivity index (χ4n) is 2.86. The van der Waals surface area contributed by atoms with Crippen LogP contribution in [-0.4, -0.2) is 34.5 Å². The molecular formula is C16H18N2O3. The molecule has 1 aliphatic heterocycles. The first kappa shape index (κ1) is 13.8. The van der Waals surface area contributed by atoms with E-state index in [-0.39, 0.29) is 6.61 Å². The van der Waals surface area contributed by atoms with Gasteiger partial charge >= 0.3 is 5.97 Å². The molecule has 2 N–H and O–H groups in total. The molecule has 1 aliphatic rings. The Labute approximate surface area is 123 Å². The zero-order chi connectivity index (χ0) is 14.9. The summed E-state index contributed by atoms with van der Waals surface area (Å²) < 4.78 is 5.32. The fourth-order valence-corrected chi connectivity index (χ4v) is 2.86. The van der Waals surface area contributed by atoms with Crippen molar-refractivity contribution in [3.63, 3.8) is 0 Å². The van der Waals surface area contributed by atoms with Crippen LogP contribution in [0.5, 0.6) is 0 Å². The fraction of sp³-hybridized carbons (Fsp3) is 0.375. The molecule has 1 saturated heterocycles. The van der Waals surface area contributed by atoms with Gasteiger partial charge in [0.1, 0.15) is 0 Å². The zero-order valence-electron chi connectivity index (χ0n) is 11.9. The predicted molar refractivity (Wildman–Crippen MR) is 78.0 cm³/mol. The molecule has 0 bridgehead atoms. The van der Waals surface area contributed by atoms with E-state index in [1.807, 2.05) is 31.2 Å². The van der Waals surface area contributed by atoms with Crippen LogP contribution < -0.4 is 0 Å². The van der Waals surface area contributed by atoms with Crippen molar-refractivity contribution in [3.8, 4) is 11.3 Å². The number of aliphatic carboxylic acids is 1. The normalized spacial score (nSPS) is 21.6. The number of aromatic nitrogens is 2. The molecule has 0 spiro atoms. The van der Waals surface area contributed by atoms with Gasteiger partial charge in [0.05, 0.1) is 23.9 Å². The van der Waals surface area contributed by atoms with Crippen LogP contribution in [0.4, 0.5) is 0 Å². The molecule has 1 unspecified atom stereocenters. The van der Waals surface area contributed by atoms with Crippen molar-refractivity contribution in [2.45, 2.75) is 19.8 Å². The summed E-state index contributed by atoms with van der Waals surface area (Å²) in [5.74, 6) is -0.775. The number of benzene rings is 1. The number of hydrogen-bond acceptors (Lipinski definition) is 3. The van der Waals surface area contributed by atoms with Gasteiger partial charge in [-0.25, -0.2) is 0 Å². The maximum atomic E-state index is 11.6. The number of aromatic amines is 1. The Morgan fingerprint density at radius 1 is 1.52 bits per heavy atom. The zero-order valence-corrected chi connectivity index (χ0v) is 11.9. The van der Waals surface area contributed by atoms with Crippen molar-refractivity contribution in [1.29, 1.82) is 0 Å². The molecule has 0 saturated carbocycles. The number of carboxylic acid groups (broad SMARTS) is 1. The Balaban J connectivity index is 1.90. The van der Waals surface area contributed by atoms with Crippen molar-refractivity contribution in [3.05, 3.63) is 41.6 Å². The van der Waals surface area contributed by atoms with Gasteiger partial charge in [-0.1, -0.05) is 18.2 Å². The Hall–Kier alpha value is -2.14. The number of rotatable bonds is 4. The number of H-pyrrole nitrogens is 1. The smallest absolute Gasteiger partial charge is 0.312 e. The summed E-state index contributed by atoms with van der Waals surface area (Å²) in [7, 11) is 0. The molecule has 3 rings (SSSR count). The summed E-state index contributed by atoms with van der Waals surface area (Å²) in [5.41, 5.74) is 3.30. The quantitative estimate of drug-likeness (QED) is 0.905. The van der Waals surface area contributed by atoms with Gasteiger partial charge in [0.15, 0.2) is 0 Å². The van der Waals surface area contributed by atoms with Gasteiger partial charge in [-0.05, 0) is 37.0 Å². The minimum Gasteiger partial charge on any atom is -0.481 e. The largest absolute Gasteiger partial charge is 0.481 e. The molecular weight excluding hydrogens is 268 g/mol. The molecule has 0 radical (unpaired) electrons. The summed E-state index contributed by atoms with van der Waals surface area (Å²) in [5, 5.41) is 16.5. The second kappa shape index (κ2) is 5.33. The van der Waals surface area contributed by atoms with Crippen molar-refractivity contribution >= 4 is 5.97 Å². The molecule has 1 aromatic heterocycles. The summed E-state index contributed by atoms with van der Waals surface area (Å²) in [6, 6.07) is 7.96. The highest BCUT2D eigenvalue weighted by Crippen LogP contribution is 2.34.